The normalized spacial score (nSPS) is 9.39. The number of aliphatic hydroxyl groups is 1. The molecule has 0 aliphatic heterocycles. The third-order valence-corrected chi connectivity index (χ3v) is 1.98. The summed E-state index contributed by atoms with van der Waals surface area (Å²) in [6.45, 7) is 3.23. The first-order chi connectivity index (χ1) is 8.44. The first-order valence-corrected chi connectivity index (χ1v) is 5.32. The predicted molar refractivity (Wildman–Crippen MR) is 68.8 cm³/mol. The van der Waals surface area contributed by atoms with E-state index in [2.05, 4.69) is 11.8 Å². The first-order valence-electron chi connectivity index (χ1n) is 5.32. The van der Waals surface area contributed by atoms with Crippen molar-refractivity contribution in [3.05, 3.63) is 41.0 Å². The molecule has 0 bridgehead atoms. The highest BCUT2D eigenvalue weighted by molar-refractivity contribution is 5.62. The van der Waals surface area contributed by atoms with Gasteiger partial charge in [0, 0.05) is 5.56 Å². The summed E-state index contributed by atoms with van der Waals surface area (Å²) in [6, 6.07) is 10.7. The Kier molecular flexibility index (Phi) is 4.27. The average molecular weight is 236 g/mol. The van der Waals surface area contributed by atoms with Gasteiger partial charge in [-0.15, -0.1) is 0 Å². The van der Waals surface area contributed by atoms with Crippen LogP contribution in [0.2, 0.25) is 0 Å². The number of nitrogens with zero attached hydrogens (tertiary/aromatic N) is 2. The Morgan fingerprint density at radius 1 is 1.17 bits per heavy atom. The molecule has 0 fully saturated rings. The van der Waals surface area contributed by atoms with Crippen LogP contribution in [0.15, 0.2) is 29.8 Å². The summed E-state index contributed by atoms with van der Waals surface area (Å²) in [7, 11) is 0. The van der Waals surface area contributed by atoms with E-state index < -0.39 is 5.60 Å². The first kappa shape index (κ1) is 13.5. The molecule has 0 aromatic heterocycles. The monoisotopic (exact) mass is 236 g/mol. The Morgan fingerprint density at radius 2 is 1.72 bits per heavy atom. The Labute approximate surface area is 107 Å². The van der Waals surface area contributed by atoms with Crippen molar-refractivity contribution >= 4 is 6.08 Å². The standard InChI is InChI=1S/C15H12N2O/c1-15(2,18)8-7-12-3-5-13(6-4-12)9-14(10-16)11-17/h3-6,9,18H,1-2H3. The Morgan fingerprint density at radius 3 is 2.17 bits per heavy atom. The molecule has 0 spiro atoms. The molecular weight excluding hydrogens is 224 g/mol. The highest BCUT2D eigenvalue weighted by Gasteiger charge is 2.05. The summed E-state index contributed by atoms with van der Waals surface area (Å²) < 4.78 is 0. The fourth-order valence-electron chi connectivity index (χ4n) is 1.14. The zero-order chi connectivity index (χ0) is 13.6. The van der Waals surface area contributed by atoms with Crippen LogP contribution in [-0.4, -0.2) is 10.7 Å². The number of hydrogen-bond acceptors (Lipinski definition) is 3. The lowest BCUT2D eigenvalue weighted by atomic mass is 10.1. The van der Waals surface area contributed by atoms with Crippen LogP contribution < -0.4 is 0 Å². The molecule has 1 rings (SSSR count). The minimum atomic E-state index is -1.02. The van der Waals surface area contributed by atoms with Crippen molar-refractivity contribution in [3.63, 3.8) is 0 Å². The van der Waals surface area contributed by atoms with Crippen LogP contribution in [0.25, 0.3) is 6.08 Å². The molecule has 3 heteroatoms. The number of nitriles is 2. The third kappa shape index (κ3) is 4.54. The summed E-state index contributed by atoms with van der Waals surface area (Å²) in [6.07, 6.45) is 1.51. The van der Waals surface area contributed by atoms with Crippen molar-refractivity contribution < 1.29 is 5.11 Å². The molecule has 0 radical (unpaired) electrons. The summed E-state index contributed by atoms with van der Waals surface area (Å²) in [4.78, 5) is 0. The number of rotatable bonds is 1. The summed E-state index contributed by atoms with van der Waals surface area (Å²) in [5.41, 5.74) is 0.574. The molecule has 1 aromatic carbocycles. The highest BCUT2D eigenvalue weighted by atomic mass is 16.3. The Hall–Kier alpha value is -2.54. The maximum Gasteiger partial charge on any atom is 0.130 e. The van der Waals surface area contributed by atoms with Crippen molar-refractivity contribution in [1.82, 2.24) is 0 Å². The topological polar surface area (TPSA) is 67.8 Å². The summed E-state index contributed by atoms with van der Waals surface area (Å²) in [5.74, 6) is 5.55. The zero-order valence-corrected chi connectivity index (χ0v) is 10.2. The largest absolute Gasteiger partial charge is 0.378 e. The second kappa shape index (κ2) is 5.69. The maximum atomic E-state index is 9.46. The van der Waals surface area contributed by atoms with E-state index in [0.717, 1.165) is 11.1 Å². The van der Waals surface area contributed by atoms with Gasteiger partial charge < -0.3 is 5.11 Å². The fraction of sp³-hybridized carbons (Fsp3) is 0.200. The van der Waals surface area contributed by atoms with Crippen molar-refractivity contribution in [3.8, 4) is 24.0 Å². The minimum absolute atomic E-state index is 0.0605. The van der Waals surface area contributed by atoms with Gasteiger partial charge >= 0.3 is 0 Å². The van der Waals surface area contributed by atoms with Crippen molar-refractivity contribution in [1.29, 1.82) is 10.5 Å². The zero-order valence-electron chi connectivity index (χ0n) is 10.2. The van der Waals surface area contributed by atoms with E-state index in [9.17, 15) is 5.11 Å². The molecule has 88 valence electrons. The molecule has 0 atom stereocenters. The van der Waals surface area contributed by atoms with Crippen LogP contribution in [0.1, 0.15) is 25.0 Å². The van der Waals surface area contributed by atoms with Crippen LogP contribution in [0.4, 0.5) is 0 Å². The van der Waals surface area contributed by atoms with Crippen LogP contribution in [-0.2, 0) is 0 Å². The molecule has 0 aliphatic carbocycles. The highest BCUT2D eigenvalue weighted by Crippen LogP contribution is 2.08. The molecule has 1 N–H and O–H groups in total. The van der Waals surface area contributed by atoms with Crippen molar-refractivity contribution in [2.24, 2.45) is 0 Å². The van der Waals surface area contributed by atoms with E-state index in [1.807, 2.05) is 0 Å². The number of benzene rings is 1. The number of allylic oxidation sites excluding steroid dienone is 1. The molecule has 1 aromatic rings. The molecule has 0 saturated heterocycles. The van der Waals surface area contributed by atoms with Crippen LogP contribution in [0, 0.1) is 34.5 Å². The van der Waals surface area contributed by atoms with E-state index in [1.165, 1.54) is 6.08 Å². The van der Waals surface area contributed by atoms with E-state index in [4.69, 9.17) is 10.5 Å². The minimum Gasteiger partial charge on any atom is -0.378 e. The lowest BCUT2D eigenvalue weighted by molar-refractivity contribution is 0.143. The second-order valence-electron chi connectivity index (χ2n) is 4.21. The molecule has 18 heavy (non-hydrogen) atoms. The predicted octanol–water partition coefficient (Wildman–Crippen LogP) is 2.24. The average Bonchev–Trinajstić information content (AvgIpc) is 2.34. The molecular formula is C15H12N2O. The van der Waals surface area contributed by atoms with Crippen LogP contribution in [0.3, 0.4) is 0 Å². The molecule has 0 aliphatic rings. The third-order valence-electron chi connectivity index (χ3n) is 1.98. The van der Waals surface area contributed by atoms with Crippen LogP contribution >= 0.6 is 0 Å². The van der Waals surface area contributed by atoms with Gasteiger partial charge in [-0.05, 0) is 37.6 Å². The van der Waals surface area contributed by atoms with E-state index in [-0.39, 0.29) is 5.57 Å². The number of hydrogen-bond donors (Lipinski definition) is 1. The van der Waals surface area contributed by atoms with Gasteiger partial charge in [-0.1, -0.05) is 24.0 Å². The molecule has 0 amide bonds. The quantitative estimate of drug-likeness (QED) is 0.600. The fourth-order valence-corrected chi connectivity index (χ4v) is 1.14. The summed E-state index contributed by atoms with van der Waals surface area (Å²) in [5, 5.41) is 26.7. The lowest BCUT2D eigenvalue weighted by Gasteiger charge is -2.05. The van der Waals surface area contributed by atoms with Gasteiger partial charge in [0.2, 0.25) is 0 Å². The van der Waals surface area contributed by atoms with Gasteiger partial charge in [-0.2, -0.15) is 10.5 Å². The second-order valence-corrected chi connectivity index (χ2v) is 4.21. The Balaban J connectivity index is 2.95. The van der Waals surface area contributed by atoms with Crippen molar-refractivity contribution in [2.75, 3.05) is 0 Å². The van der Waals surface area contributed by atoms with Gasteiger partial charge in [-0.25, -0.2) is 0 Å². The smallest absolute Gasteiger partial charge is 0.130 e. The van der Waals surface area contributed by atoms with Gasteiger partial charge in [0.1, 0.15) is 23.3 Å². The Bertz CT molecular complexity index is 578. The lowest BCUT2D eigenvalue weighted by Crippen LogP contribution is -2.14. The molecule has 0 saturated carbocycles. The van der Waals surface area contributed by atoms with Gasteiger partial charge in [0.25, 0.3) is 0 Å². The van der Waals surface area contributed by atoms with Crippen molar-refractivity contribution in [2.45, 2.75) is 19.4 Å². The summed E-state index contributed by atoms with van der Waals surface area (Å²) >= 11 is 0. The van der Waals surface area contributed by atoms with Crippen LogP contribution in [0.5, 0.6) is 0 Å². The van der Waals surface area contributed by atoms with Gasteiger partial charge in [0.15, 0.2) is 0 Å². The molecule has 0 heterocycles. The van der Waals surface area contributed by atoms with E-state index in [0.29, 0.717) is 0 Å². The maximum absolute atomic E-state index is 9.46. The molecule has 3 nitrogen and oxygen atoms in total. The van der Waals surface area contributed by atoms with Gasteiger partial charge in [0.05, 0.1) is 0 Å². The van der Waals surface area contributed by atoms with E-state index >= 15 is 0 Å². The molecule has 0 unspecified atom stereocenters. The van der Waals surface area contributed by atoms with Gasteiger partial charge in [-0.3, -0.25) is 0 Å². The SMILES string of the molecule is CC(C)(O)C#Cc1ccc(C=C(C#N)C#N)cc1. The van der Waals surface area contributed by atoms with E-state index in [1.54, 1.807) is 50.3 Å².